The maximum Gasteiger partial charge on any atom is 0.261 e. The highest BCUT2D eigenvalue weighted by Gasteiger charge is 2.16. The molecule has 0 spiro atoms. The maximum atomic E-state index is 13.2. The van der Waals surface area contributed by atoms with E-state index in [0.717, 1.165) is 25.5 Å². The smallest absolute Gasteiger partial charge is 0.261 e. The summed E-state index contributed by atoms with van der Waals surface area (Å²) in [6.07, 6.45) is 3.27. The lowest BCUT2D eigenvalue weighted by Crippen LogP contribution is -2.36. The number of halogens is 1. The molecule has 1 atom stereocenters. The Morgan fingerprint density at radius 2 is 2.36 bits per heavy atom. The van der Waals surface area contributed by atoms with Crippen molar-refractivity contribution in [1.82, 2.24) is 14.9 Å². The second-order valence-electron chi connectivity index (χ2n) is 5.28. The average molecular weight is 305 g/mol. The standard InChI is InChI=1S/C15H16FN3O3/c16-10-3-4-13-12(6-10)15(21)19(9-18-13)8-14(20)17-7-11-2-1-5-22-11/h3-4,6,9,11H,1-2,5,7-8H2,(H,17,20)/t11-/m0/s1. The number of fused-ring (bicyclic) bond motifs is 1. The molecule has 0 aliphatic carbocycles. The lowest BCUT2D eigenvalue weighted by molar-refractivity contribution is -0.122. The molecule has 1 N–H and O–H groups in total. The van der Waals surface area contributed by atoms with E-state index in [2.05, 4.69) is 10.3 Å². The lowest BCUT2D eigenvalue weighted by atomic mass is 10.2. The Kier molecular flexibility index (Phi) is 4.15. The van der Waals surface area contributed by atoms with Crippen molar-refractivity contribution >= 4 is 16.8 Å². The van der Waals surface area contributed by atoms with Crippen molar-refractivity contribution in [1.29, 1.82) is 0 Å². The molecule has 116 valence electrons. The number of nitrogens with one attached hydrogen (secondary N) is 1. The molecule has 7 heteroatoms. The van der Waals surface area contributed by atoms with E-state index in [1.165, 1.54) is 23.0 Å². The van der Waals surface area contributed by atoms with Crippen molar-refractivity contribution < 1.29 is 13.9 Å². The van der Waals surface area contributed by atoms with Crippen LogP contribution in [-0.2, 0) is 16.1 Å². The molecule has 1 amide bonds. The van der Waals surface area contributed by atoms with Gasteiger partial charge in [0.1, 0.15) is 12.4 Å². The van der Waals surface area contributed by atoms with E-state index in [4.69, 9.17) is 4.74 Å². The second-order valence-corrected chi connectivity index (χ2v) is 5.28. The quantitative estimate of drug-likeness (QED) is 0.908. The van der Waals surface area contributed by atoms with Crippen molar-refractivity contribution in [3.63, 3.8) is 0 Å². The molecule has 1 aliphatic rings. The van der Waals surface area contributed by atoms with E-state index in [9.17, 15) is 14.0 Å². The number of rotatable bonds is 4. The van der Waals surface area contributed by atoms with Gasteiger partial charge < -0.3 is 10.1 Å². The Morgan fingerprint density at radius 1 is 1.50 bits per heavy atom. The van der Waals surface area contributed by atoms with E-state index in [-0.39, 0.29) is 23.9 Å². The molecule has 3 rings (SSSR count). The second kappa shape index (κ2) is 6.23. The normalized spacial score (nSPS) is 17.8. The largest absolute Gasteiger partial charge is 0.376 e. The zero-order chi connectivity index (χ0) is 15.5. The number of aromatic nitrogens is 2. The molecule has 2 heterocycles. The Hall–Kier alpha value is -2.28. The zero-order valence-electron chi connectivity index (χ0n) is 11.9. The molecule has 1 fully saturated rings. The van der Waals surface area contributed by atoms with E-state index in [1.54, 1.807) is 0 Å². The number of ether oxygens (including phenoxy) is 1. The molecule has 0 bridgehead atoms. The van der Waals surface area contributed by atoms with Gasteiger partial charge in [0.2, 0.25) is 5.91 Å². The molecule has 0 radical (unpaired) electrons. The minimum absolute atomic E-state index is 0.0458. The van der Waals surface area contributed by atoms with E-state index < -0.39 is 11.4 Å². The number of hydrogen-bond acceptors (Lipinski definition) is 4. The van der Waals surface area contributed by atoms with Crippen LogP contribution in [0.5, 0.6) is 0 Å². The van der Waals surface area contributed by atoms with Crippen LogP contribution in [0.2, 0.25) is 0 Å². The van der Waals surface area contributed by atoms with Gasteiger partial charge in [-0.05, 0) is 31.0 Å². The van der Waals surface area contributed by atoms with Gasteiger partial charge in [-0.1, -0.05) is 0 Å². The van der Waals surface area contributed by atoms with Gasteiger partial charge in [-0.15, -0.1) is 0 Å². The summed E-state index contributed by atoms with van der Waals surface area (Å²) >= 11 is 0. The Balaban J connectivity index is 1.71. The van der Waals surface area contributed by atoms with Crippen molar-refractivity contribution in [2.24, 2.45) is 0 Å². The topological polar surface area (TPSA) is 73.2 Å². The SMILES string of the molecule is O=C(Cn1cnc2ccc(F)cc2c1=O)NC[C@@H]1CCCO1. The predicted molar refractivity (Wildman–Crippen MR) is 77.9 cm³/mol. The van der Waals surface area contributed by atoms with Gasteiger partial charge in [0.05, 0.1) is 23.3 Å². The first-order chi connectivity index (χ1) is 10.6. The molecular formula is C15H16FN3O3. The Labute approximate surface area is 125 Å². The molecule has 1 aromatic heterocycles. The fraction of sp³-hybridized carbons (Fsp3) is 0.400. The summed E-state index contributed by atoms with van der Waals surface area (Å²) in [6.45, 7) is 1.01. The number of carbonyl (C=O) groups is 1. The summed E-state index contributed by atoms with van der Waals surface area (Å²) in [5.41, 5.74) is -0.0285. The molecule has 6 nitrogen and oxygen atoms in total. The summed E-state index contributed by atoms with van der Waals surface area (Å²) < 4.78 is 19.8. The van der Waals surface area contributed by atoms with Crippen LogP contribution in [-0.4, -0.2) is 34.7 Å². The molecular weight excluding hydrogens is 289 g/mol. The Morgan fingerprint density at radius 3 is 3.14 bits per heavy atom. The first-order valence-corrected chi connectivity index (χ1v) is 7.16. The highest BCUT2D eigenvalue weighted by atomic mass is 19.1. The van der Waals surface area contributed by atoms with Crippen molar-refractivity contribution in [2.45, 2.75) is 25.5 Å². The minimum atomic E-state index is -0.507. The summed E-state index contributed by atoms with van der Waals surface area (Å²) in [7, 11) is 0. The van der Waals surface area contributed by atoms with Crippen LogP contribution >= 0.6 is 0 Å². The van der Waals surface area contributed by atoms with Gasteiger partial charge in [-0.25, -0.2) is 9.37 Å². The van der Waals surface area contributed by atoms with Crippen LogP contribution in [0.25, 0.3) is 10.9 Å². The summed E-state index contributed by atoms with van der Waals surface area (Å²) in [5, 5.41) is 2.90. The average Bonchev–Trinajstić information content (AvgIpc) is 3.02. The van der Waals surface area contributed by atoms with Gasteiger partial charge in [0, 0.05) is 13.2 Å². The molecule has 0 saturated carbocycles. The maximum absolute atomic E-state index is 13.2. The van der Waals surface area contributed by atoms with Gasteiger partial charge in [-0.2, -0.15) is 0 Å². The summed E-state index contributed by atoms with van der Waals surface area (Å²) in [6, 6.07) is 3.81. The van der Waals surface area contributed by atoms with Crippen LogP contribution in [0.3, 0.4) is 0 Å². The Bertz CT molecular complexity index is 753. The van der Waals surface area contributed by atoms with Crippen molar-refractivity contribution in [3.05, 3.63) is 40.7 Å². The highest BCUT2D eigenvalue weighted by Crippen LogP contribution is 2.10. The van der Waals surface area contributed by atoms with E-state index in [0.29, 0.717) is 12.1 Å². The van der Waals surface area contributed by atoms with Gasteiger partial charge >= 0.3 is 0 Å². The van der Waals surface area contributed by atoms with Crippen molar-refractivity contribution in [2.75, 3.05) is 13.2 Å². The van der Waals surface area contributed by atoms with Gasteiger partial charge in [0.15, 0.2) is 0 Å². The fourth-order valence-corrected chi connectivity index (χ4v) is 2.49. The summed E-state index contributed by atoms with van der Waals surface area (Å²) in [5.74, 6) is -0.804. The van der Waals surface area contributed by atoms with Crippen LogP contribution < -0.4 is 10.9 Å². The lowest BCUT2D eigenvalue weighted by Gasteiger charge is -2.11. The van der Waals surface area contributed by atoms with Crippen LogP contribution in [0.1, 0.15) is 12.8 Å². The van der Waals surface area contributed by atoms with Crippen molar-refractivity contribution in [3.8, 4) is 0 Å². The van der Waals surface area contributed by atoms with Crippen LogP contribution in [0.4, 0.5) is 4.39 Å². The molecule has 0 unspecified atom stereocenters. The first kappa shape index (κ1) is 14.6. The third-order valence-electron chi connectivity index (χ3n) is 3.65. The van der Waals surface area contributed by atoms with Crippen LogP contribution in [0.15, 0.2) is 29.3 Å². The molecule has 2 aromatic rings. The predicted octanol–water partition coefficient (Wildman–Crippen LogP) is 0.831. The summed E-state index contributed by atoms with van der Waals surface area (Å²) in [4.78, 5) is 28.2. The number of carbonyl (C=O) groups excluding carboxylic acids is 1. The number of nitrogens with zero attached hydrogens (tertiary/aromatic N) is 2. The monoisotopic (exact) mass is 305 g/mol. The van der Waals surface area contributed by atoms with Gasteiger partial charge in [0.25, 0.3) is 5.56 Å². The molecule has 1 saturated heterocycles. The number of hydrogen-bond donors (Lipinski definition) is 1. The van der Waals surface area contributed by atoms with E-state index >= 15 is 0 Å². The molecule has 22 heavy (non-hydrogen) atoms. The number of benzene rings is 1. The number of amides is 1. The molecule has 1 aliphatic heterocycles. The minimum Gasteiger partial charge on any atom is -0.376 e. The first-order valence-electron chi connectivity index (χ1n) is 7.16. The molecule has 1 aromatic carbocycles. The van der Waals surface area contributed by atoms with Gasteiger partial charge in [-0.3, -0.25) is 14.2 Å². The van der Waals surface area contributed by atoms with E-state index in [1.807, 2.05) is 0 Å². The fourth-order valence-electron chi connectivity index (χ4n) is 2.49. The zero-order valence-corrected chi connectivity index (χ0v) is 11.9. The third-order valence-corrected chi connectivity index (χ3v) is 3.65. The highest BCUT2D eigenvalue weighted by molar-refractivity contribution is 5.79. The third kappa shape index (κ3) is 3.14. The van der Waals surface area contributed by atoms with Crippen LogP contribution in [0, 0.1) is 5.82 Å².